The lowest BCUT2D eigenvalue weighted by Crippen LogP contribution is -2.13. The van der Waals surface area contributed by atoms with Gasteiger partial charge in [-0.25, -0.2) is 0 Å². The molecule has 1 atom stereocenters. The molecule has 0 saturated carbocycles. The molecule has 140 valence electrons. The monoisotopic (exact) mass is 373 g/mol. The maximum absolute atomic E-state index is 3.62. The van der Waals surface area contributed by atoms with Crippen molar-refractivity contribution in [2.75, 3.05) is 0 Å². The molecule has 4 aromatic rings. The van der Waals surface area contributed by atoms with E-state index in [2.05, 4.69) is 115 Å². The summed E-state index contributed by atoms with van der Waals surface area (Å²) in [7, 11) is 0. The van der Waals surface area contributed by atoms with Crippen LogP contribution in [0.5, 0.6) is 0 Å². The van der Waals surface area contributed by atoms with Crippen molar-refractivity contribution < 1.29 is 0 Å². The summed E-state index contributed by atoms with van der Waals surface area (Å²) < 4.78 is 0. The number of hydrogen-bond donors (Lipinski definition) is 1. The number of fused-ring (bicyclic) bond motifs is 1. The molecule has 1 heteroatoms. The molecular weight excluding hydrogens is 350 g/mol. The maximum atomic E-state index is 3.62. The minimum Gasteiger partial charge on any atom is -0.302 e. The molecule has 1 nitrogen and oxygen atoms in total. The van der Waals surface area contributed by atoms with E-state index in [1.807, 2.05) is 6.07 Å². The molecule has 0 amide bonds. The third kappa shape index (κ3) is 3.78. The van der Waals surface area contributed by atoms with E-state index in [0.29, 0.717) is 6.04 Å². The first-order valence-corrected chi connectivity index (χ1v) is 10.1. The molecular formula is C28H23N. The van der Waals surface area contributed by atoms with Gasteiger partial charge in [-0.15, -0.1) is 0 Å². The summed E-state index contributed by atoms with van der Waals surface area (Å²) in [6, 6.07) is 37.0. The molecule has 0 bridgehead atoms. The summed E-state index contributed by atoms with van der Waals surface area (Å²) in [5.74, 6) is 0. The average molecular weight is 373 g/mol. The Kier molecular flexibility index (Phi) is 4.81. The number of nitrogens with one attached hydrogen (secondary N) is 1. The smallest absolute Gasteiger partial charge is 0.0582 e. The molecule has 1 N–H and O–H groups in total. The molecule has 1 aliphatic heterocycles. The fraction of sp³-hybridized carbons (Fsp3) is 0.0714. The Labute approximate surface area is 172 Å². The lowest BCUT2D eigenvalue weighted by Gasteiger charge is -2.12. The van der Waals surface area contributed by atoms with Crippen molar-refractivity contribution in [2.24, 2.45) is 0 Å². The van der Waals surface area contributed by atoms with Crippen molar-refractivity contribution in [3.05, 3.63) is 131 Å². The van der Waals surface area contributed by atoms with Crippen LogP contribution in [0.25, 0.3) is 23.3 Å². The highest BCUT2D eigenvalue weighted by Gasteiger charge is 2.22. The molecule has 4 aromatic carbocycles. The molecule has 1 aliphatic rings. The predicted octanol–water partition coefficient (Wildman–Crippen LogP) is 6.72. The Balaban J connectivity index is 1.30. The predicted molar refractivity (Wildman–Crippen MR) is 122 cm³/mol. The van der Waals surface area contributed by atoms with E-state index in [9.17, 15) is 0 Å². The number of rotatable bonds is 4. The van der Waals surface area contributed by atoms with Crippen molar-refractivity contribution in [3.8, 4) is 11.1 Å². The van der Waals surface area contributed by atoms with Crippen molar-refractivity contribution in [1.29, 1.82) is 0 Å². The molecule has 0 saturated heterocycles. The SMILES string of the molecule is C(=C\c1ccc(C2NCc3ccccc32)cc1)/c1ccc(-c2ccccc2)cc1. The first kappa shape index (κ1) is 17.7. The van der Waals surface area contributed by atoms with Gasteiger partial charge in [0.15, 0.2) is 0 Å². The van der Waals surface area contributed by atoms with E-state index in [4.69, 9.17) is 0 Å². The first-order chi connectivity index (χ1) is 14.4. The Morgan fingerprint density at radius 3 is 1.90 bits per heavy atom. The lowest BCUT2D eigenvalue weighted by molar-refractivity contribution is 0.667. The van der Waals surface area contributed by atoms with Gasteiger partial charge in [-0.05, 0) is 38.9 Å². The molecule has 0 fully saturated rings. The van der Waals surface area contributed by atoms with Crippen LogP contribution in [0.15, 0.2) is 103 Å². The highest BCUT2D eigenvalue weighted by molar-refractivity contribution is 5.72. The van der Waals surface area contributed by atoms with Gasteiger partial charge < -0.3 is 5.32 Å². The Morgan fingerprint density at radius 1 is 0.586 bits per heavy atom. The molecule has 0 aliphatic carbocycles. The zero-order valence-corrected chi connectivity index (χ0v) is 16.3. The number of benzene rings is 4. The zero-order valence-electron chi connectivity index (χ0n) is 16.3. The summed E-state index contributed by atoms with van der Waals surface area (Å²) in [6.07, 6.45) is 4.35. The van der Waals surface area contributed by atoms with Gasteiger partial charge in [0.1, 0.15) is 0 Å². The fourth-order valence-corrected chi connectivity index (χ4v) is 4.01. The van der Waals surface area contributed by atoms with Crippen LogP contribution in [0.2, 0.25) is 0 Å². The Bertz CT molecular complexity index is 1120. The average Bonchev–Trinajstić information content (AvgIpc) is 3.23. The van der Waals surface area contributed by atoms with Crippen LogP contribution in [0.3, 0.4) is 0 Å². The number of hydrogen-bond acceptors (Lipinski definition) is 1. The van der Waals surface area contributed by atoms with Crippen LogP contribution >= 0.6 is 0 Å². The summed E-state index contributed by atoms with van der Waals surface area (Å²) >= 11 is 0. The molecule has 5 rings (SSSR count). The van der Waals surface area contributed by atoms with Crippen LogP contribution in [0.1, 0.15) is 33.9 Å². The quantitative estimate of drug-likeness (QED) is 0.392. The highest BCUT2D eigenvalue weighted by atomic mass is 14.9. The van der Waals surface area contributed by atoms with Crippen LogP contribution in [-0.2, 0) is 6.54 Å². The molecule has 0 spiro atoms. The highest BCUT2D eigenvalue weighted by Crippen LogP contribution is 2.30. The van der Waals surface area contributed by atoms with E-state index in [0.717, 1.165) is 6.54 Å². The minimum absolute atomic E-state index is 0.301. The largest absolute Gasteiger partial charge is 0.302 e. The van der Waals surface area contributed by atoms with Gasteiger partial charge in [0.05, 0.1) is 6.04 Å². The van der Waals surface area contributed by atoms with Gasteiger partial charge >= 0.3 is 0 Å². The van der Waals surface area contributed by atoms with Gasteiger partial charge in [-0.2, -0.15) is 0 Å². The van der Waals surface area contributed by atoms with Crippen LogP contribution in [0, 0.1) is 0 Å². The van der Waals surface area contributed by atoms with Crippen molar-refractivity contribution in [2.45, 2.75) is 12.6 Å². The maximum Gasteiger partial charge on any atom is 0.0582 e. The van der Waals surface area contributed by atoms with Gasteiger partial charge in [-0.3, -0.25) is 0 Å². The topological polar surface area (TPSA) is 12.0 Å². The lowest BCUT2D eigenvalue weighted by atomic mass is 9.97. The van der Waals surface area contributed by atoms with E-state index < -0.39 is 0 Å². The van der Waals surface area contributed by atoms with Gasteiger partial charge in [0.2, 0.25) is 0 Å². The van der Waals surface area contributed by atoms with E-state index >= 15 is 0 Å². The second-order valence-corrected chi connectivity index (χ2v) is 7.50. The molecule has 1 heterocycles. The molecule has 0 radical (unpaired) electrons. The first-order valence-electron chi connectivity index (χ1n) is 10.1. The van der Waals surface area contributed by atoms with Crippen LogP contribution in [0.4, 0.5) is 0 Å². The van der Waals surface area contributed by atoms with Gasteiger partial charge in [-0.1, -0.05) is 115 Å². The standard InChI is InChI=1S/C28H23N/c1-2-6-23(7-3-1)24-16-12-21(13-17-24)10-11-22-14-18-25(19-15-22)28-27-9-5-4-8-26(27)20-29-28/h1-19,28-29H,20H2/b11-10+. The fourth-order valence-electron chi connectivity index (χ4n) is 4.01. The molecule has 0 aromatic heterocycles. The zero-order chi connectivity index (χ0) is 19.5. The normalized spacial score (nSPS) is 15.5. The van der Waals surface area contributed by atoms with Crippen LogP contribution in [-0.4, -0.2) is 0 Å². The summed E-state index contributed by atoms with van der Waals surface area (Å²) in [5, 5.41) is 3.62. The van der Waals surface area contributed by atoms with E-state index in [1.165, 1.54) is 38.9 Å². The second kappa shape index (κ2) is 7.90. The van der Waals surface area contributed by atoms with E-state index in [-0.39, 0.29) is 0 Å². The molecule has 29 heavy (non-hydrogen) atoms. The van der Waals surface area contributed by atoms with Gasteiger partial charge in [0.25, 0.3) is 0 Å². The summed E-state index contributed by atoms with van der Waals surface area (Å²) in [5.41, 5.74) is 9.04. The Morgan fingerprint density at radius 2 is 1.17 bits per heavy atom. The van der Waals surface area contributed by atoms with Crippen LogP contribution < -0.4 is 5.32 Å². The Hall–Kier alpha value is -3.42. The third-order valence-electron chi connectivity index (χ3n) is 5.62. The van der Waals surface area contributed by atoms with Crippen molar-refractivity contribution in [1.82, 2.24) is 5.32 Å². The summed E-state index contributed by atoms with van der Waals surface area (Å²) in [4.78, 5) is 0. The minimum atomic E-state index is 0.301. The van der Waals surface area contributed by atoms with E-state index in [1.54, 1.807) is 0 Å². The van der Waals surface area contributed by atoms with Crippen molar-refractivity contribution in [3.63, 3.8) is 0 Å². The van der Waals surface area contributed by atoms with Gasteiger partial charge in [0, 0.05) is 6.54 Å². The summed E-state index contributed by atoms with van der Waals surface area (Å²) in [6.45, 7) is 0.946. The second-order valence-electron chi connectivity index (χ2n) is 7.50. The molecule has 1 unspecified atom stereocenters. The third-order valence-corrected chi connectivity index (χ3v) is 5.62. The van der Waals surface area contributed by atoms with Crippen molar-refractivity contribution >= 4 is 12.2 Å².